The van der Waals surface area contributed by atoms with Crippen molar-refractivity contribution in [1.29, 1.82) is 0 Å². The minimum atomic E-state index is -4.01. The fourth-order valence-corrected chi connectivity index (χ4v) is 3.17. The van der Waals surface area contributed by atoms with Gasteiger partial charge in [0.1, 0.15) is 15.7 Å². The van der Waals surface area contributed by atoms with Gasteiger partial charge in [-0.05, 0) is 19.1 Å². The van der Waals surface area contributed by atoms with E-state index in [1.807, 2.05) is 0 Å². The number of rotatable bonds is 4. The smallest absolute Gasteiger partial charge is 0.262 e. The van der Waals surface area contributed by atoms with Gasteiger partial charge in [0.05, 0.1) is 5.02 Å². The van der Waals surface area contributed by atoms with E-state index in [1.54, 1.807) is 21.0 Å². The molecule has 1 aromatic carbocycles. The first kappa shape index (κ1) is 17.4. The Bertz CT molecular complexity index is 631. The summed E-state index contributed by atoms with van der Waals surface area (Å²) in [6.45, 7) is 1.54. The van der Waals surface area contributed by atoms with Crippen LogP contribution in [0.1, 0.15) is 6.92 Å². The van der Waals surface area contributed by atoms with Gasteiger partial charge in [0.2, 0.25) is 0 Å². The highest BCUT2D eigenvalue weighted by Crippen LogP contribution is 2.38. The Kier molecular flexibility index (Phi) is 5.54. The normalized spacial score (nSPS) is 12.9. The van der Waals surface area contributed by atoms with E-state index in [0.717, 1.165) is 0 Å². The van der Waals surface area contributed by atoms with Crippen molar-refractivity contribution in [1.82, 2.24) is 4.90 Å². The number of nitrogens with zero attached hydrogens (tertiary/aromatic N) is 1. The average Bonchev–Trinajstić information content (AvgIpc) is 2.32. The van der Waals surface area contributed by atoms with Gasteiger partial charge in [-0.25, -0.2) is 8.42 Å². The van der Waals surface area contributed by atoms with Crippen LogP contribution in [-0.2, 0) is 13.8 Å². The SMILES string of the molecule is CC(Oc1ccc(S(=O)(=O)Cl)c(Cl)c1Cl)C(=O)N(C)C. The van der Waals surface area contributed by atoms with Gasteiger partial charge in [-0.1, -0.05) is 23.2 Å². The summed E-state index contributed by atoms with van der Waals surface area (Å²) < 4.78 is 27.9. The molecule has 0 heterocycles. The molecular formula is C11H12Cl3NO4S. The van der Waals surface area contributed by atoms with Gasteiger partial charge in [0, 0.05) is 24.8 Å². The number of benzene rings is 1. The Morgan fingerprint density at radius 3 is 2.25 bits per heavy atom. The van der Waals surface area contributed by atoms with Crippen LogP contribution in [0.5, 0.6) is 5.75 Å². The number of amides is 1. The maximum Gasteiger partial charge on any atom is 0.262 e. The predicted molar refractivity (Wildman–Crippen MR) is 78.3 cm³/mol. The van der Waals surface area contributed by atoms with E-state index < -0.39 is 15.2 Å². The highest BCUT2D eigenvalue weighted by molar-refractivity contribution is 8.13. The van der Waals surface area contributed by atoms with E-state index in [9.17, 15) is 13.2 Å². The van der Waals surface area contributed by atoms with Crippen molar-refractivity contribution in [2.75, 3.05) is 14.1 Å². The zero-order chi connectivity index (χ0) is 15.7. The number of ether oxygens (including phenoxy) is 1. The van der Waals surface area contributed by atoms with Gasteiger partial charge in [-0.2, -0.15) is 0 Å². The van der Waals surface area contributed by atoms with E-state index in [0.29, 0.717) is 0 Å². The van der Waals surface area contributed by atoms with Crippen molar-refractivity contribution in [2.24, 2.45) is 0 Å². The van der Waals surface area contributed by atoms with E-state index >= 15 is 0 Å². The third-order valence-corrected chi connectivity index (χ3v) is 4.71. The summed E-state index contributed by atoms with van der Waals surface area (Å²) >= 11 is 11.8. The molecule has 0 aliphatic heterocycles. The van der Waals surface area contributed by atoms with Crippen molar-refractivity contribution < 1.29 is 17.9 Å². The number of hydrogen-bond acceptors (Lipinski definition) is 4. The van der Waals surface area contributed by atoms with E-state index in [2.05, 4.69) is 0 Å². The summed E-state index contributed by atoms with van der Waals surface area (Å²) in [4.78, 5) is 12.7. The molecule has 1 atom stereocenters. The summed E-state index contributed by atoms with van der Waals surface area (Å²) in [6.07, 6.45) is -0.794. The minimum absolute atomic E-state index is 0.100. The zero-order valence-electron chi connectivity index (χ0n) is 10.9. The van der Waals surface area contributed by atoms with Crippen LogP contribution in [0.3, 0.4) is 0 Å². The molecule has 112 valence electrons. The fraction of sp³-hybridized carbons (Fsp3) is 0.364. The topological polar surface area (TPSA) is 63.7 Å². The van der Waals surface area contributed by atoms with Gasteiger partial charge in [-0.3, -0.25) is 4.79 Å². The van der Waals surface area contributed by atoms with Crippen LogP contribution in [0, 0.1) is 0 Å². The van der Waals surface area contributed by atoms with Crippen LogP contribution in [0.2, 0.25) is 10.0 Å². The molecule has 5 nitrogen and oxygen atoms in total. The molecule has 1 aromatic rings. The van der Waals surface area contributed by atoms with Crippen molar-refractivity contribution in [2.45, 2.75) is 17.9 Å². The molecule has 9 heteroatoms. The molecule has 0 spiro atoms. The average molecular weight is 361 g/mol. The Morgan fingerprint density at radius 2 is 1.80 bits per heavy atom. The zero-order valence-corrected chi connectivity index (χ0v) is 13.9. The standard InChI is InChI=1S/C11H12Cl3NO4S/c1-6(11(16)15(2)3)19-7-4-5-8(20(14,17)18)10(13)9(7)12/h4-6H,1-3H3. The highest BCUT2D eigenvalue weighted by Gasteiger charge is 2.23. The van der Waals surface area contributed by atoms with Crippen LogP contribution < -0.4 is 4.74 Å². The molecule has 0 saturated heterocycles. The first-order valence-corrected chi connectivity index (χ1v) is 8.42. The Labute approximate surface area is 131 Å². The van der Waals surface area contributed by atoms with Crippen molar-refractivity contribution in [3.05, 3.63) is 22.2 Å². The first-order chi connectivity index (χ1) is 9.05. The largest absolute Gasteiger partial charge is 0.479 e. The molecule has 0 N–H and O–H groups in total. The summed E-state index contributed by atoms with van der Waals surface area (Å²) in [5.41, 5.74) is 0. The highest BCUT2D eigenvalue weighted by atomic mass is 35.7. The molecule has 0 aliphatic carbocycles. The third kappa shape index (κ3) is 3.91. The number of carbonyl (C=O) groups is 1. The number of hydrogen-bond donors (Lipinski definition) is 0. The maximum absolute atomic E-state index is 11.7. The summed E-state index contributed by atoms with van der Waals surface area (Å²) in [5.74, 6) is -0.172. The molecule has 20 heavy (non-hydrogen) atoms. The lowest BCUT2D eigenvalue weighted by Gasteiger charge is -2.19. The second-order valence-corrected chi connectivity index (χ2v) is 7.41. The number of carbonyl (C=O) groups excluding carboxylic acids is 1. The second kappa shape index (κ2) is 6.39. The first-order valence-electron chi connectivity index (χ1n) is 5.36. The maximum atomic E-state index is 11.7. The predicted octanol–water partition coefficient (Wildman–Crippen LogP) is 2.78. The van der Waals surface area contributed by atoms with Crippen molar-refractivity contribution in [3.8, 4) is 5.75 Å². The quantitative estimate of drug-likeness (QED) is 0.775. The molecule has 0 aliphatic rings. The lowest BCUT2D eigenvalue weighted by atomic mass is 10.3. The van der Waals surface area contributed by atoms with Gasteiger partial charge < -0.3 is 9.64 Å². The molecule has 1 rings (SSSR count). The Balaban J connectivity index is 3.12. The third-order valence-electron chi connectivity index (χ3n) is 2.37. The minimum Gasteiger partial charge on any atom is -0.479 e. The van der Waals surface area contributed by atoms with Crippen molar-refractivity contribution in [3.63, 3.8) is 0 Å². The van der Waals surface area contributed by atoms with Gasteiger partial charge >= 0.3 is 0 Å². The molecular weight excluding hydrogens is 349 g/mol. The second-order valence-electron chi connectivity index (χ2n) is 4.12. The van der Waals surface area contributed by atoms with Gasteiger partial charge in [0.25, 0.3) is 15.0 Å². The van der Waals surface area contributed by atoms with E-state index in [4.69, 9.17) is 38.6 Å². The summed E-state index contributed by atoms with van der Waals surface area (Å²) in [7, 11) is 4.37. The number of halogens is 3. The lowest BCUT2D eigenvalue weighted by Crippen LogP contribution is -2.35. The van der Waals surface area contributed by atoms with E-state index in [-0.39, 0.29) is 26.6 Å². The number of likely N-dealkylation sites (N-methyl/N-ethyl adjacent to an activating group) is 1. The van der Waals surface area contributed by atoms with E-state index in [1.165, 1.54) is 17.0 Å². The van der Waals surface area contributed by atoms with Crippen LogP contribution in [0.4, 0.5) is 0 Å². The van der Waals surface area contributed by atoms with Crippen LogP contribution in [-0.4, -0.2) is 39.4 Å². The molecule has 0 bridgehead atoms. The molecule has 0 saturated carbocycles. The summed E-state index contributed by atoms with van der Waals surface area (Å²) in [5, 5.41) is -0.365. The Hall–Kier alpha value is -0.690. The van der Waals surface area contributed by atoms with Gasteiger partial charge in [-0.15, -0.1) is 0 Å². The molecule has 0 radical (unpaired) electrons. The van der Waals surface area contributed by atoms with Crippen LogP contribution in [0.15, 0.2) is 17.0 Å². The van der Waals surface area contributed by atoms with Crippen LogP contribution >= 0.6 is 33.9 Å². The molecule has 1 amide bonds. The van der Waals surface area contributed by atoms with Crippen molar-refractivity contribution >= 4 is 48.8 Å². The Morgan fingerprint density at radius 1 is 1.25 bits per heavy atom. The molecule has 1 unspecified atom stereocenters. The van der Waals surface area contributed by atoms with Crippen LogP contribution in [0.25, 0.3) is 0 Å². The lowest BCUT2D eigenvalue weighted by molar-refractivity contribution is -0.135. The summed E-state index contributed by atoms with van der Waals surface area (Å²) in [6, 6.07) is 2.46. The van der Waals surface area contributed by atoms with Gasteiger partial charge in [0.15, 0.2) is 6.10 Å². The fourth-order valence-electron chi connectivity index (χ4n) is 1.40. The molecule has 0 fully saturated rings. The molecule has 0 aromatic heterocycles. The monoisotopic (exact) mass is 359 g/mol.